The Morgan fingerprint density at radius 3 is 2.84 bits per heavy atom. The molecular weight excluding hydrogens is 245 g/mol. The number of hydrogen-bond acceptors (Lipinski definition) is 3. The fraction of sp³-hybridized carbons (Fsp3) is 0.600. The highest BCUT2D eigenvalue weighted by atomic mass is 19.1. The number of piperidine rings is 1. The Kier molecular flexibility index (Phi) is 6.11. The van der Waals surface area contributed by atoms with Gasteiger partial charge in [0, 0.05) is 12.6 Å². The SMILES string of the molecule is Fc1ccccc1OCCOCCC1CCCCN1. The zero-order chi connectivity index (χ0) is 13.3. The second kappa shape index (κ2) is 8.12. The third kappa shape index (κ3) is 5.17. The Morgan fingerprint density at radius 2 is 2.05 bits per heavy atom. The first kappa shape index (κ1) is 14.3. The van der Waals surface area contributed by atoms with Crippen molar-refractivity contribution in [2.24, 2.45) is 0 Å². The van der Waals surface area contributed by atoms with E-state index >= 15 is 0 Å². The summed E-state index contributed by atoms with van der Waals surface area (Å²) in [5.74, 6) is -0.0334. The summed E-state index contributed by atoms with van der Waals surface area (Å²) in [6, 6.07) is 7.03. The first-order chi connectivity index (χ1) is 9.36. The Balaban J connectivity index is 1.51. The maximum Gasteiger partial charge on any atom is 0.165 e. The molecular formula is C15H22FNO2. The van der Waals surface area contributed by atoms with Gasteiger partial charge < -0.3 is 14.8 Å². The molecule has 3 nitrogen and oxygen atoms in total. The van der Waals surface area contributed by atoms with E-state index in [9.17, 15) is 4.39 Å². The molecule has 0 saturated carbocycles. The van der Waals surface area contributed by atoms with Crippen molar-refractivity contribution in [3.8, 4) is 5.75 Å². The van der Waals surface area contributed by atoms with Gasteiger partial charge in [0.2, 0.25) is 0 Å². The van der Waals surface area contributed by atoms with Gasteiger partial charge in [0.1, 0.15) is 6.61 Å². The zero-order valence-electron chi connectivity index (χ0n) is 11.2. The summed E-state index contributed by atoms with van der Waals surface area (Å²) in [6.07, 6.45) is 4.89. The van der Waals surface area contributed by atoms with Gasteiger partial charge in [-0.05, 0) is 37.9 Å². The molecule has 1 fully saturated rings. The van der Waals surface area contributed by atoms with Crippen molar-refractivity contribution in [2.75, 3.05) is 26.4 Å². The van der Waals surface area contributed by atoms with Crippen LogP contribution in [0.15, 0.2) is 24.3 Å². The van der Waals surface area contributed by atoms with Crippen molar-refractivity contribution in [1.82, 2.24) is 5.32 Å². The summed E-state index contributed by atoms with van der Waals surface area (Å²) < 4.78 is 24.1. The molecule has 1 aliphatic rings. The van der Waals surface area contributed by atoms with E-state index in [4.69, 9.17) is 9.47 Å². The van der Waals surface area contributed by atoms with Crippen LogP contribution in [0.25, 0.3) is 0 Å². The molecule has 0 aliphatic carbocycles. The Bertz CT molecular complexity index is 367. The first-order valence-electron chi connectivity index (χ1n) is 7.05. The standard InChI is InChI=1S/C15H22FNO2/c16-14-6-1-2-7-15(14)19-12-11-18-10-8-13-5-3-4-9-17-13/h1-2,6-7,13,17H,3-5,8-12H2. The number of nitrogens with one attached hydrogen (secondary N) is 1. The second-order valence-corrected chi connectivity index (χ2v) is 4.83. The van der Waals surface area contributed by atoms with Crippen molar-refractivity contribution in [3.63, 3.8) is 0 Å². The Morgan fingerprint density at radius 1 is 1.16 bits per heavy atom. The lowest BCUT2D eigenvalue weighted by Gasteiger charge is -2.23. The maximum atomic E-state index is 13.2. The molecule has 1 aliphatic heterocycles. The molecule has 1 heterocycles. The molecule has 0 amide bonds. The fourth-order valence-electron chi connectivity index (χ4n) is 2.27. The van der Waals surface area contributed by atoms with Crippen LogP contribution < -0.4 is 10.1 Å². The minimum Gasteiger partial charge on any atom is -0.488 e. The predicted octanol–water partition coefficient (Wildman–Crippen LogP) is 2.75. The summed E-state index contributed by atoms with van der Waals surface area (Å²) >= 11 is 0. The fourth-order valence-corrected chi connectivity index (χ4v) is 2.27. The second-order valence-electron chi connectivity index (χ2n) is 4.83. The first-order valence-corrected chi connectivity index (χ1v) is 7.05. The molecule has 0 bridgehead atoms. The molecule has 1 N–H and O–H groups in total. The quantitative estimate of drug-likeness (QED) is 0.771. The molecule has 1 aromatic carbocycles. The lowest BCUT2D eigenvalue weighted by atomic mass is 10.0. The van der Waals surface area contributed by atoms with Gasteiger partial charge in [0.15, 0.2) is 11.6 Å². The molecule has 19 heavy (non-hydrogen) atoms. The van der Waals surface area contributed by atoms with Crippen molar-refractivity contribution < 1.29 is 13.9 Å². The summed E-state index contributed by atoms with van der Waals surface area (Å²) in [4.78, 5) is 0. The van der Waals surface area contributed by atoms with Gasteiger partial charge in [0.25, 0.3) is 0 Å². The minimum atomic E-state index is -0.325. The number of para-hydroxylation sites is 1. The zero-order valence-corrected chi connectivity index (χ0v) is 11.2. The summed E-state index contributed by atoms with van der Waals surface area (Å²) in [5, 5.41) is 3.48. The van der Waals surface area contributed by atoms with Crippen LogP contribution in [0.4, 0.5) is 4.39 Å². The van der Waals surface area contributed by atoms with Crippen LogP contribution >= 0.6 is 0 Å². The highest BCUT2D eigenvalue weighted by Crippen LogP contribution is 2.15. The van der Waals surface area contributed by atoms with E-state index in [1.165, 1.54) is 25.3 Å². The van der Waals surface area contributed by atoms with E-state index in [0.717, 1.165) is 19.6 Å². The number of rotatable bonds is 7. The van der Waals surface area contributed by atoms with Gasteiger partial charge in [-0.3, -0.25) is 0 Å². The molecule has 106 valence electrons. The third-order valence-corrected chi connectivity index (χ3v) is 3.34. The molecule has 1 unspecified atom stereocenters. The average molecular weight is 267 g/mol. The molecule has 0 radical (unpaired) electrons. The van der Waals surface area contributed by atoms with E-state index < -0.39 is 0 Å². The normalized spacial score (nSPS) is 19.3. The van der Waals surface area contributed by atoms with Crippen molar-refractivity contribution in [1.29, 1.82) is 0 Å². The molecule has 0 aromatic heterocycles. The van der Waals surface area contributed by atoms with E-state index in [2.05, 4.69) is 5.32 Å². The van der Waals surface area contributed by atoms with Gasteiger partial charge in [0.05, 0.1) is 6.61 Å². The highest BCUT2D eigenvalue weighted by molar-refractivity contribution is 5.23. The van der Waals surface area contributed by atoms with Crippen LogP contribution in [0.1, 0.15) is 25.7 Å². The monoisotopic (exact) mass is 267 g/mol. The van der Waals surface area contributed by atoms with Gasteiger partial charge in [-0.25, -0.2) is 4.39 Å². The number of ether oxygens (including phenoxy) is 2. The highest BCUT2D eigenvalue weighted by Gasteiger charge is 2.11. The van der Waals surface area contributed by atoms with Crippen molar-refractivity contribution in [3.05, 3.63) is 30.1 Å². The van der Waals surface area contributed by atoms with Crippen molar-refractivity contribution >= 4 is 0 Å². The van der Waals surface area contributed by atoms with Gasteiger partial charge in [-0.2, -0.15) is 0 Å². The third-order valence-electron chi connectivity index (χ3n) is 3.34. The van der Waals surface area contributed by atoms with Crippen LogP contribution in [0.5, 0.6) is 5.75 Å². The van der Waals surface area contributed by atoms with Crippen LogP contribution in [0.3, 0.4) is 0 Å². The topological polar surface area (TPSA) is 30.5 Å². The number of halogens is 1. The molecule has 1 atom stereocenters. The smallest absolute Gasteiger partial charge is 0.165 e. The Hall–Kier alpha value is -1.13. The molecule has 1 saturated heterocycles. The van der Waals surface area contributed by atoms with Crippen LogP contribution in [0.2, 0.25) is 0 Å². The van der Waals surface area contributed by atoms with Crippen LogP contribution in [-0.2, 0) is 4.74 Å². The van der Waals surface area contributed by atoms with Gasteiger partial charge >= 0.3 is 0 Å². The van der Waals surface area contributed by atoms with Crippen molar-refractivity contribution in [2.45, 2.75) is 31.7 Å². The van der Waals surface area contributed by atoms with E-state index in [1.807, 2.05) is 0 Å². The summed E-state index contributed by atoms with van der Waals surface area (Å²) in [7, 11) is 0. The predicted molar refractivity (Wildman–Crippen MR) is 73.0 cm³/mol. The van der Waals surface area contributed by atoms with E-state index in [-0.39, 0.29) is 5.82 Å². The maximum absolute atomic E-state index is 13.2. The van der Waals surface area contributed by atoms with Gasteiger partial charge in [-0.1, -0.05) is 18.6 Å². The average Bonchev–Trinajstić information content (AvgIpc) is 2.45. The number of benzene rings is 1. The lowest BCUT2D eigenvalue weighted by molar-refractivity contribution is 0.0898. The van der Waals surface area contributed by atoms with Gasteiger partial charge in [-0.15, -0.1) is 0 Å². The molecule has 4 heteroatoms. The van der Waals surface area contributed by atoms with Crippen LogP contribution in [0, 0.1) is 5.82 Å². The minimum absolute atomic E-state index is 0.292. The van der Waals surface area contributed by atoms with E-state index in [1.54, 1.807) is 18.2 Å². The molecule has 0 spiro atoms. The lowest BCUT2D eigenvalue weighted by Crippen LogP contribution is -2.34. The molecule has 2 rings (SSSR count). The number of hydrogen-bond donors (Lipinski definition) is 1. The largest absolute Gasteiger partial charge is 0.488 e. The van der Waals surface area contributed by atoms with Crippen LogP contribution in [-0.4, -0.2) is 32.4 Å². The summed E-state index contributed by atoms with van der Waals surface area (Å²) in [6.45, 7) is 2.75. The summed E-state index contributed by atoms with van der Waals surface area (Å²) in [5.41, 5.74) is 0. The van der Waals surface area contributed by atoms with E-state index in [0.29, 0.717) is 25.0 Å². The molecule has 1 aromatic rings. The Labute approximate surface area is 114 Å².